The Bertz CT molecular complexity index is 1370. The number of piperazine rings is 1. The molecule has 3 N–H and O–H groups in total. The molecular weight excluding hydrogens is 544 g/mol. The van der Waals surface area contributed by atoms with Gasteiger partial charge in [0.2, 0.25) is 0 Å². The van der Waals surface area contributed by atoms with E-state index in [1.165, 1.54) is 5.56 Å². The van der Waals surface area contributed by atoms with Crippen LogP contribution in [0.15, 0.2) is 66.7 Å². The summed E-state index contributed by atoms with van der Waals surface area (Å²) in [5, 5.41) is 8.88. The fourth-order valence-corrected chi connectivity index (χ4v) is 5.52. The predicted molar refractivity (Wildman–Crippen MR) is 172 cm³/mol. The Morgan fingerprint density at radius 2 is 1.47 bits per heavy atom. The third kappa shape index (κ3) is 7.97. The summed E-state index contributed by atoms with van der Waals surface area (Å²) in [5.74, 6) is 0.695. The molecule has 228 valence electrons. The molecule has 3 aromatic rings. The van der Waals surface area contributed by atoms with Gasteiger partial charge >= 0.3 is 6.03 Å². The van der Waals surface area contributed by atoms with Gasteiger partial charge in [0.25, 0.3) is 5.91 Å². The van der Waals surface area contributed by atoms with E-state index >= 15 is 0 Å². The van der Waals surface area contributed by atoms with E-state index in [0.29, 0.717) is 23.5 Å². The van der Waals surface area contributed by atoms with E-state index in [9.17, 15) is 9.59 Å². The predicted octanol–water partition coefficient (Wildman–Crippen LogP) is 4.29. The molecule has 0 spiro atoms. The van der Waals surface area contributed by atoms with Crippen molar-refractivity contribution in [3.63, 3.8) is 0 Å². The second-order valence-electron chi connectivity index (χ2n) is 10.7. The summed E-state index contributed by atoms with van der Waals surface area (Å²) in [7, 11) is 1.69. The van der Waals surface area contributed by atoms with Crippen molar-refractivity contribution in [1.29, 1.82) is 0 Å². The van der Waals surface area contributed by atoms with E-state index in [-0.39, 0.29) is 11.9 Å². The van der Waals surface area contributed by atoms with Gasteiger partial charge in [-0.2, -0.15) is 0 Å². The number of methoxy groups -OCH3 is 1. The van der Waals surface area contributed by atoms with Gasteiger partial charge in [0, 0.05) is 69.4 Å². The van der Waals surface area contributed by atoms with Crippen LogP contribution in [0, 0.1) is 0 Å². The maximum Gasteiger partial charge on any atom is 0.323 e. The zero-order valence-electron chi connectivity index (χ0n) is 25.1. The van der Waals surface area contributed by atoms with Gasteiger partial charge in [-0.15, -0.1) is 0 Å². The number of morpholine rings is 1. The number of ether oxygens (including phenoxy) is 2. The fraction of sp³-hybridized carbons (Fsp3) is 0.394. The summed E-state index contributed by atoms with van der Waals surface area (Å²) < 4.78 is 11.0. The van der Waals surface area contributed by atoms with Gasteiger partial charge in [0.1, 0.15) is 5.75 Å². The SMILES string of the molecule is CCc1ccc(NC(=O)Nc2ccc(N3CCN(c4ccccc4OC)CC3)c(C(=O)NCCN3CCOCC3)c2)cc1. The summed E-state index contributed by atoms with van der Waals surface area (Å²) in [4.78, 5) is 33.2. The largest absolute Gasteiger partial charge is 0.495 e. The average molecular weight is 587 g/mol. The average Bonchev–Trinajstić information content (AvgIpc) is 3.05. The number of nitrogens with one attached hydrogen (secondary N) is 3. The second-order valence-corrected chi connectivity index (χ2v) is 10.7. The van der Waals surface area contributed by atoms with Crippen molar-refractivity contribution in [2.45, 2.75) is 13.3 Å². The third-order valence-electron chi connectivity index (χ3n) is 7.98. The Hall–Kier alpha value is -4.28. The fourth-order valence-electron chi connectivity index (χ4n) is 5.52. The maximum absolute atomic E-state index is 13.6. The Labute approximate surface area is 253 Å². The first-order valence-electron chi connectivity index (χ1n) is 15.1. The van der Waals surface area contributed by atoms with Gasteiger partial charge < -0.3 is 35.2 Å². The third-order valence-corrected chi connectivity index (χ3v) is 7.98. The van der Waals surface area contributed by atoms with Crippen LogP contribution >= 0.6 is 0 Å². The molecule has 10 nitrogen and oxygen atoms in total. The molecule has 43 heavy (non-hydrogen) atoms. The number of anilines is 4. The highest BCUT2D eigenvalue weighted by Crippen LogP contribution is 2.31. The highest BCUT2D eigenvalue weighted by molar-refractivity contribution is 6.04. The van der Waals surface area contributed by atoms with Crippen LogP contribution in [0.2, 0.25) is 0 Å². The number of benzene rings is 3. The molecule has 2 aliphatic heterocycles. The summed E-state index contributed by atoms with van der Waals surface area (Å²) in [6, 6.07) is 21.0. The zero-order chi connectivity index (χ0) is 30.0. The maximum atomic E-state index is 13.6. The molecule has 2 aliphatic rings. The highest BCUT2D eigenvalue weighted by atomic mass is 16.5. The minimum Gasteiger partial charge on any atom is -0.495 e. The molecule has 0 bridgehead atoms. The van der Waals surface area contributed by atoms with E-state index in [2.05, 4.69) is 43.6 Å². The van der Waals surface area contributed by atoms with Crippen molar-refractivity contribution >= 4 is 34.7 Å². The summed E-state index contributed by atoms with van der Waals surface area (Å²) in [5.41, 5.74) is 4.93. The Balaban J connectivity index is 1.28. The lowest BCUT2D eigenvalue weighted by Gasteiger charge is -2.38. The van der Waals surface area contributed by atoms with E-state index in [1.807, 2.05) is 54.6 Å². The van der Waals surface area contributed by atoms with Gasteiger partial charge in [-0.3, -0.25) is 9.69 Å². The molecule has 3 aromatic carbocycles. The van der Waals surface area contributed by atoms with Crippen LogP contribution in [0.4, 0.5) is 27.5 Å². The van der Waals surface area contributed by atoms with Crippen molar-refractivity contribution in [1.82, 2.24) is 10.2 Å². The van der Waals surface area contributed by atoms with Crippen LogP contribution in [0.25, 0.3) is 0 Å². The Morgan fingerprint density at radius 3 is 2.16 bits per heavy atom. The standard InChI is InChI=1S/C33H42N6O4/c1-3-25-8-10-26(11-9-25)35-33(41)36-27-12-13-29(28(24-27)32(40)34-14-15-37-20-22-43-23-21-37)38-16-18-39(19-17-38)30-6-4-5-7-31(30)42-2/h4-13,24H,3,14-23H2,1-2H3,(H,34,40)(H2,35,36,41). The molecule has 10 heteroatoms. The Kier molecular flexibility index (Phi) is 10.4. The molecule has 5 rings (SSSR count). The zero-order valence-corrected chi connectivity index (χ0v) is 25.1. The number of hydrogen-bond acceptors (Lipinski definition) is 7. The number of urea groups is 1. The summed E-state index contributed by atoms with van der Waals surface area (Å²) in [6.07, 6.45) is 0.936. The number of rotatable bonds is 10. The van der Waals surface area contributed by atoms with Crippen LogP contribution in [-0.4, -0.2) is 89.5 Å². The van der Waals surface area contributed by atoms with E-state index < -0.39 is 0 Å². The van der Waals surface area contributed by atoms with Gasteiger partial charge in [-0.05, 0) is 54.4 Å². The first kappa shape index (κ1) is 30.2. The van der Waals surface area contributed by atoms with Crippen molar-refractivity contribution < 1.29 is 19.1 Å². The number of amides is 3. The van der Waals surface area contributed by atoms with Crippen molar-refractivity contribution in [3.8, 4) is 5.75 Å². The van der Waals surface area contributed by atoms with E-state index in [1.54, 1.807) is 13.2 Å². The first-order valence-corrected chi connectivity index (χ1v) is 15.1. The van der Waals surface area contributed by atoms with E-state index in [0.717, 1.165) is 82.6 Å². The van der Waals surface area contributed by atoms with Gasteiger partial charge in [-0.25, -0.2) is 4.79 Å². The molecule has 0 atom stereocenters. The molecule has 0 aliphatic carbocycles. The quantitative estimate of drug-likeness (QED) is 0.326. The molecule has 0 unspecified atom stereocenters. The van der Waals surface area contributed by atoms with Gasteiger partial charge in [0.15, 0.2) is 0 Å². The lowest BCUT2D eigenvalue weighted by atomic mass is 10.1. The number of nitrogens with zero attached hydrogens (tertiary/aromatic N) is 3. The van der Waals surface area contributed by atoms with Crippen molar-refractivity contribution in [2.24, 2.45) is 0 Å². The van der Waals surface area contributed by atoms with Crippen molar-refractivity contribution in [2.75, 3.05) is 93.1 Å². The molecule has 2 heterocycles. The lowest BCUT2D eigenvalue weighted by molar-refractivity contribution is 0.0383. The number of carbonyl (C=O) groups excluding carboxylic acids is 2. The van der Waals surface area contributed by atoms with Crippen LogP contribution in [0.1, 0.15) is 22.8 Å². The first-order chi connectivity index (χ1) is 21.0. The molecule has 0 radical (unpaired) electrons. The Morgan fingerprint density at radius 1 is 0.814 bits per heavy atom. The summed E-state index contributed by atoms with van der Waals surface area (Å²) in [6.45, 7) is 9.63. The lowest BCUT2D eigenvalue weighted by Crippen LogP contribution is -2.47. The molecule has 3 amide bonds. The monoisotopic (exact) mass is 586 g/mol. The van der Waals surface area contributed by atoms with Crippen molar-refractivity contribution in [3.05, 3.63) is 77.9 Å². The normalized spacial score (nSPS) is 15.6. The number of hydrogen-bond donors (Lipinski definition) is 3. The van der Waals surface area contributed by atoms with E-state index in [4.69, 9.17) is 9.47 Å². The minimum atomic E-state index is -0.360. The number of carbonyl (C=O) groups is 2. The van der Waals surface area contributed by atoms with Gasteiger partial charge in [0.05, 0.1) is 31.6 Å². The molecule has 0 saturated carbocycles. The second kappa shape index (κ2) is 14.8. The molecule has 2 saturated heterocycles. The minimum absolute atomic E-state index is 0.158. The molecular formula is C33H42N6O4. The number of para-hydroxylation sites is 2. The van der Waals surface area contributed by atoms with Crippen LogP contribution < -0.4 is 30.5 Å². The molecule has 2 fully saturated rings. The summed E-state index contributed by atoms with van der Waals surface area (Å²) >= 11 is 0. The number of aryl methyl sites for hydroxylation is 1. The topological polar surface area (TPSA) is 98.4 Å². The molecule has 0 aromatic heterocycles. The smallest absolute Gasteiger partial charge is 0.323 e. The van der Waals surface area contributed by atoms with Crippen LogP contribution in [-0.2, 0) is 11.2 Å². The van der Waals surface area contributed by atoms with Crippen LogP contribution in [0.3, 0.4) is 0 Å². The van der Waals surface area contributed by atoms with Crippen LogP contribution in [0.5, 0.6) is 5.75 Å². The highest BCUT2D eigenvalue weighted by Gasteiger charge is 2.24. The van der Waals surface area contributed by atoms with Gasteiger partial charge in [-0.1, -0.05) is 31.2 Å².